The molecule has 0 aliphatic carbocycles. The van der Waals surface area contributed by atoms with E-state index in [1.54, 1.807) is 6.92 Å². The van der Waals surface area contributed by atoms with Gasteiger partial charge in [-0.15, -0.1) is 0 Å². The molecule has 1 rings (SSSR count). The molecule has 0 aliphatic rings. The number of ether oxygens (including phenoxy) is 2. The van der Waals surface area contributed by atoms with Gasteiger partial charge in [-0.2, -0.15) is 0 Å². The highest BCUT2D eigenvalue weighted by molar-refractivity contribution is 9.10. The number of hydrogen-bond acceptors (Lipinski definition) is 4. The SMILES string of the molecule is CCOC(=O)c1cc(C(F)F)nc(OC)c1Br. The van der Waals surface area contributed by atoms with Gasteiger partial charge in [-0.05, 0) is 28.9 Å². The first-order valence-electron chi connectivity index (χ1n) is 4.71. The number of alkyl halides is 2. The van der Waals surface area contributed by atoms with Gasteiger partial charge in [-0.3, -0.25) is 0 Å². The molecule has 0 aromatic carbocycles. The van der Waals surface area contributed by atoms with Crippen LogP contribution in [0.3, 0.4) is 0 Å². The van der Waals surface area contributed by atoms with Crippen molar-refractivity contribution < 1.29 is 23.0 Å². The molecule has 0 saturated carbocycles. The largest absolute Gasteiger partial charge is 0.480 e. The summed E-state index contributed by atoms with van der Waals surface area (Å²) in [5.41, 5.74) is -0.567. The van der Waals surface area contributed by atoms with Gasteiger partial charge in [0.2, 0.25) is 5.88 Å². The van der Waals surface area contributed by atoms with Crippen molar-refractivity contribution in [1.29, 1.82) is 0 Å². The Hall–Kier alpha value is -1.24. The van der Waals surface area contributed by atoms with E-state index in [0.717, 1.165) is 6.07 Å². The fraction of sp³-hybridized carbons (Fsp3) is 0.400. The molecule has 1 aromatic rings. The lowest BCUT2D eigenvalue weighted by Crippen LogP contribution is -2.09. The molecule has 0 atom stereocenters. The zero-order valence-corrected chi connectivity index (χ0v) is 10.8. The summed E-state index contributed by atoms with van der Waals surface area (Å²) in [4.78, 5) is 15.1. The average molecular weight is 310 g/mol. The molecule has 1 aromatic heterocycles. The second kappa shape index (κ2) is 5.90. The summed E-state index contributed by atoms with van der Waals surface area (Å²) in [5.74, 6) is -0.784. The summed E-state index contributed by atoms with van der Waals surface area (Å²) >= 11 is 3.06. The molecule has 0 aliphatic heterocycles. The summed E-state index contributed by atoms with van der Waals surface area (Å²) in [5, 5.41) is 0. The molecule has 0 saturated heterocycles. The molecular weight excluding hydrogens is 300 g/mol. The Kier molecular flexibility index (Phi) is 4.80. The molecule has 0 fully saturated rings. The lowest BCUT2D eigenvalue weighted by Gasteiger charge is -2.10. The predicted octanol–water partition coefficient (Wildman–Crippen LogP) is 2.97. The predicted molar refractivity (Wildman–Crippen MR) is 59.4 cm³/mol. The number of hydrogen-bond donors (Lipinski definition) is 0. The minimum Gasteiger partial charge on any atom is -0.480 e. The van der Waals surface area contributed by atoms with Gasteiger partial charge >= 0.3 is 5.97 Å². The van der Waals surface area contributed by atoms with E-state index in [2.05, 4.69) is 20.9 Å². The molecular formula is C10H10BrF2NO3. The Morgan fingerprint density at radius 2 is 2.24 bits per heavy atom. The van der Waals surface area contributed by atoms with Crippen LogP contribution in [0.5, 0.6) is 5.88 Å². The second-order valence-corrected chi connectivity index (χ2v) is 3.73. The minimum atomic E-state index is -2.79. The molecule has 7 heteroatoms. The maximum absolute atomic E-state index is 12.6. The van der Waals surface area contributed by atoms with Gasteiger partial charge in [-0.1, -0.05) is 0 Å². The van der Waals surface area contributed by atoms with E-state index in [1.165, 1.54) is 7.11 Å². The van der Waals surface area contributed by atoms with E-state index in [-0.39, 0.29) is 22.5 Å². The maximum atomic E-state index is 12.6. The number of carbonyl (C=O) groups is 1. The van der Waals surface area contributed by atoms with Crippen LogP contribution in [0.15, 0.2) is 10.5 Å². The van der Waals surface area contributed by atoms with Crippen LogP contribution in [0.1, 0.15) is 29.4 Å². The van der Waals surface area contributed by atoms with Crippen LogP contribution in [0, 0.1) is 0 Å². The topological polar surface area (TPSA) is 48.4 Å². The molecule has 0 amide bonds. The van der Waals surface area contributed by atoms with Crippen molar-refractivity contribution >= 4 is 21.9 Å². The normalized spacial score (nSPS) is 10.5. The van der Waals surface area contributed by atoms with Crippen molar-refractivity contribution in [2.24, 2.45) is 0 Å². The third kappa shape index (κ3) is 3.12. The number of nitrogens with zero attached hydrogens (tertiary/aromatic N) is 1. The minimum absolute atomic E-state index is 0.0333. The standard InChI is InChI=1S/C10H10BrF2NO3/c1-3-17-10(15)5-4-6(8(12)13)14-9(16-2)7(5)11/h4,8H,3H2,1-2H3. The van der Waals surface area contributed by atoms with Crippen LogP contribution in [0.2, 0.25) is 0 Å². The van der Waals surface area contributed by atoms with Gasteiger partial charge in [0.05, 0.1) is 23.8 Å². The maximum Gasteiger partial charge on any atom is 0.339 e. The molecule has 4 nitrogen and oxygen atoms in total. The molecule has 0 N–H and O–H groups in total. The van der Waals surface area contributed by atoms with Crippen molar-refractivity contribution in [3.8, 4) is 5.88 Å². The fourth-order valence-corrected chi connectivity index (χ4v) is 1.66. The van der Waals surface area contributed by atoms with E-state index in [1.807, 2.05) is 0 Å². The Balaban J connectivity index is 3.27. The van der Waals surface area contributed by atoms with Gasteiger partial charge in [0, 0.05) is 0 Å². The summed E-state index contributed by atoms with van der Waals surface area (Å²) in [7, 11) is 1.28. The van der Waals surface area contributed by atoms with Gasteiger partial charge in [-0.25, -0.2) is 18.6 Å². The number of methoxy groups -OCH3 is 1. The van der Waals surface area contributed by atoms with Crippen LogP contribution < -0.4 is 4.74 Å². The van der Waals surface area contributed by atoms with Gasteiger partial charge in [0.1, 0.15) is 5.69 Å². The molecule has 0 bridgehead atoms. The summed E-state index contributed by atoms with van der Waals surface area (Å²) in [6.07, 6.45) is -2.79. The third-order valence-electron chi connectivity index (χ3n) is 1.86. The van der Waals surface area contributed by atoms with Crippen LogP contribution in [0.25, 0.3) is 0 Å². The third-order valence-corrected chi connectivity index (χ3v) is 2.63. The zero-order valence-electron chi connectivity index (χ0n) is 9.17. The van der Waals surface area contributed by atoms with Crippen molar-refractivity contribution in [2.75, 3.05) is 13.7 Å². The monoisotopic (exact) mass is 309 g/mol. The van der Waals surface area contributed by atoms with Crippen molar-refractivity contribution in [3.63, 3.8) is 0 Å². The number of carbonyl (C=O) groups excluding carboxylic acids is 1. The van der Waals surface area contributed by atoms with Crippen molar-refractivity contribution in [1.82, 2.24) is 4.98 Å². The Morgan fingerprint density at radius 1 is 1.59 bits per heavy atom. The highest BCUT2D eigenvalue weighted by atomic mass is 79.9. The van der Waals surface area contributed by atoms with Crippen molar-refractivity contribution in [3.05, 3.63) is 21.8 Å². The Labute approximate surface area is 105 Å². The lowest BCUT2D eigenvalue weighted by atomic mass is 10.2. The highest BCUT2D eigenvalue weighted by Gasteiger charge is 2.21. The Morgan fingerprint density at radius 3 is 2.71 bits per heavy atom. The number of rotatable bonds is 4. The van der Waals surface area contributed by atoms with E-state index < -0.39 is 18.1 Å². The quantitative estimate of drug-likeness (QED) is 0.802. The first-order valence-corrected chi connectivity index (χ1v) is 5.50. The molecule has 1 heterocycles. The van der Waals surface area contributed by atoms with E-state index in [4.69, 9.17) is 9.47 Å². The van der Waals surface area contributed by atoms with Crippen molar-refractivity contribution in [2.45, 2.75) is 13.3 Å². The smallest absolute Gasteiger partial charge is 0.339 e. The first kappa shape index (κ1) is 13.8. The molecule has 0 unspecified atom stereocenters. The van der Waals surface area contributed by atoms with Crippen LogP contribution >= 0.6 is 15.9 Å². The first-order chi connectivity index (χ1) is 8.01. The summed E-state index contributed by atoms with van der Waals surface area (Å²) in [6, 6.07) is 0.981. The van der Waals surface area contributed by atoms with E-state index >= 15 is 0 Å². The number of halogens is 3. The Bertz CT molecular complexity index is 426. The average Bonchev–Trinajstić information content (AvgIpc) is 2.29. The summed E-state index contributed by atoms with van der Waals surface area (Å²) < 4.78 is 34.9. The zero-order chi connectivity index (χ0) is 13.0. The molecule has 17 heavy (non-hydrogen) atoms. The lowest BCUT2D eigenvalue weighted by molar-refractivity contribution is 0.0524. The highest BCUT2D eigenvalue weighted by Crippen LogP contribution is 2.31. The van der Waals surface area contributed by atoms with Crippen LogP contribution in [0.4, 0.5) is 8.78 Å². The second-order valence-electron chi connectivity index (χ2n) is 2.94. The molecule has 94 valence electrons. The van der Waals surface area contributed by atoms with Gasteiger partial charge in [0.25, 0.3) is 6.43 Å². The van der Waals surface area contributed by atoms with E-state index in [9.17, 15) is 13.6 Å². The van der Waals surface area contributed by atoms with Gasteiger partial charge < -0.3 is 9.47 Å². The number of pyridine rings is 1. The van der Waals surface area contributed by atoms with Crippen LogP contribution in [-0.4, -0.2) is 24.7 Å². The van der Waals surface area contributed by atoms with E-state index in [0.29, 0.717) is 0 Å². The van der Waals surface area contributed by atoms with Gasteiger partial charge in [0.15, 0.2) is 0 Å². The number of esters is 1. The molecule has 0 radical (unpaired) electrons. The fourth-order valence-electron chi connectivity index (χ4n) is 1.13. The van der Waals surface area contributed by atoms with Crippen LogP contribution in [-0.2, 0) is 4.74 Å². The molecule has 0 spiro atoms. The summed E-state index contributed by atoms with van der Waals surface area (Å²) in [6.45, 7) is 1.78. The number of aromatic nitrogens is 1.